The van der Waals surface area contributed by atoms with E-state index in [-0.39, 0.29) is 5.91 Å². The summed E-state index contributed by atoms with van der Waals surface area (Å²) in [5, 5.41) is 14.5. The predicted octanol–water partition coefficient (Wildman–Crippen LogP) is 2.13. The maximum Gasteiger partial charge on any atom is 0.251 e. The van der Waals surface area contributed by atoms with Crippen LogP contribution in [0, 0.1) is 11.3 Å². The number of rotatable bonds is 6. The zero-order valence-corrected chi connectivity index (χ0v) is 12.4. The van der Waals surface area contributed by atoms with E-state index < -0.39 is 0 Å². The minimum absolute atomic E-state index is 0.181. The van der Waals surface area contributed by atoms with E-state index in [0.29, 0.717) is 30.7 Å². The molecule has 1 aromatic carbocycles. The molecule has 0 aliphatic carbocycles. The molecule has 1 aromatic heterocycles. The van der Waals surface area contributed by atoms with Gasteiger partial charge in [-0.1, -0.05) is 6.07 Å². The van der Waals surface area contributed by atoms with Crippen molar-refractivity contribution in [2.24, 2.45) is 0 Å². The molecular formula is C15H15N3O2S. The van der Waals surface area contributed by atoms with Gasteiger partial charge in [0.05, 0.1) is 23.9 Å². The third-order valence-electron chi connectivity index (χ3n) is 2.79. The first-order valence-corrected chi connectivity index (χ1v) is 7.31. The second kappa shape index (κ2) is 7.53. The molecule has 0 fully saturated rings. The van der Waals surface area contributed by atoms with Crippen LogP contribution in [-0.2, 0) is 17.8 Å². The lowest BCUT2D eigenvalue weighted by Crippen LogP contribution is -2.25. The summed E-state index contributed by atoms with van der Waals surface area (Å²) in [4.78, 5) is 16.3. The molecule has 0 spiro atoms. The topological polar surface area (TPSA) is 75.0 Å². The Bertz CT molecular complexity index is 661. The molecule has 2 rings (SSSR count). The maximum absolute atomic E-state index is 12.0. The summed E-state index contributed by atoms with van der Waals surface area (Å²) in [6.45, 7) is 1.02. The number of ether oxygens (including phenoxy) is 1. The van der Waals surface area contributed by atoms with Crippen LogP contribution in [0.2, 0.25) is 0 Å². The van der Waals surface area contributed by atoms with Crippen LogP contribution in [0.25, 0.3) is 0 Å². The standard InChI is InChI=1S/C15H15N3O2S/c1-20-9-14-18-13(10-21-14)5-6-17-15(19)12-4-2-3-11(7-12)8-16/h2-4,7,10H,5-6,9H2,1H3,(H,17,19). The zero-order valence-electron chi connectivity index (χ0n) is 11.6. The van der Waals surface area contributed by atoms with E-state index in [2.05, 4.69) is 10.3 Å². The number of thiazole rings is 1. The fourth-order valence-corrected chi connectivity index (χ4v) is 2.59. The van der Waals surface area contributed by atoms with Gasteiger partial charge >= 0.3 is 0 Å². The van der Waals surface area contributed by atoms with Crippen molar-refractivity contribution in [3.63, 3.8) is 0 Å². The molecule has 1 N–H and O–H groups in total. The number of benzene rings is 1. The Hall–Kier alpha value is -2.23. The van der Waals surface area contributed by atoms with Crippen LogP contribution in [0.1, 0.15) is 26.6 Å². The van der Waals surface area contributed by atoms with E-state index in [4.69, 9.17) is 10.00 Å². The lowest BCUT2D eigenvalue weighted by molar-refractivity contribution is 0.0954. The summed E-state index contributed by atoms with van der Waals surface area (Å²) in [6.07, 6.45) is 0.671. The first kappa shape index (κ1) is 15.2. The van der Waals surface area contributed by atoms with Crippen LogP contribution in [-0.4, -0.2) is 24.5 Å². The number of nitrogens with one attached hydrogen (secondary N) is 1. The fourth-order valence-electron chi connectivity index (χ4n) is 1.79. The Kier molecular flexibility index (Phi) is 5.43. The van der Waals surface area contributed by atoms with Gasteiger partial charge in [-0.05, 0) is 18.2 Å². The van der Waals surface area contributed by atoms with Crippen molar-refractivity contribution in [2.45, 2.75) is 13.0 Å². The van der Waals surface area contributed by atoms with Gasteiger partial charge in [0, 0.05) is 31.0 Å². The van der Waals surface area contributed by atoms with Gasteiger partial charge in [-0.3, -0.25) is 4.79 Å². The van der Waals surface area contributed by atoms with Crippen LogP contribution in [0.15, 0.2) is 29.6 Å². The molecule has 0 saturated carbocycles. The predicted molar refractivity (Wildman–Crippen MR) is 80.0 cm³/mol. The molecule has 0 bridgehead atoms. The monoisotopic (exact) mass is 301 g/mol. The van der Waals surface area contributed by atoms with Crippen LogP contribution in [0.3, 0.4) is 0 Å². The molecule has 0 radical (unpaired) electrons. The minimum Gasteiger partial charge on any atom is -0.378 e. The highest BCUT2D eigenvalue weighted by atomic mass is 32.1. The molecule has 108 valence electrons. The van der Waals surface area contributed by atoms with Crippen LogP contribution in [0.5, 0.6) is 0 Å². The number of aromatic nitrogens is 1. The zero-order chi connectivity index (χ0) is 15.1. The van der Waals surface area contributed by atoms with E-state index in [1.165, 1.54) is 0 Å². The minimum atomic E-state index is -0.181. The van der Waals surface area contributed by atoms with Crippen molar-refractivity contribution in [3.05, 3.63) is 51.5 Å². The number of nitrogens with zero attached hydrogens (tertiary/aromatic N) is 2. The molecule has 0 atom stereocenters. The number of hydrogen-bond acceptors (Lipinski definition) is 5. The molecule has 1 amide bonds. The van der Waals surface area contributed by atoms with Crippen molar-refractivity contribution in [1.29, 1.82) is 5.26 Å². The van der Waals surface area contributed by atoms with Crippen LogP contribution >= 0.6 is 11.3 Å². The lowest BCUT2D eigenvalue weighted by Gasteiger charge is -2.04. The fraction of sp³-hybridized carbons (Fsp3) is 0.267. The summed E-state index contributed by atoms with van der Waals surface area (Å²) in [7, 11) is 1.64. The molecule has 0 saturated heterocycles. The van der Waals surface area contributed by atoms with Crippen molar-refractivity contribution in [2.75, 3.05) is 13.7 Å². The van der Waals surface area contributed by atoms with Crippen LogP contribution in [0.4, 0.5) is 0 Å². The smallest absolute Gasteiger partial charge is 0.251 e. The SMILES string of the molecule is COCc1nc(CCNC(=O)c2cccc(C#N)c2)cs1. The quantitative estimate of drug-likeness (QED) is 0.887. The van der Waals surface area contributed by atoms with E-state index in [0.717, 1.165) is 10.7 Å². The maximum atomic E-state index is 12.0. The van der Waals surface area contributed by atoms with Gasteiger partial charge in [-0.25, -0.2) is 4.98 Å². The second-order valence-electron chi connectivity index (χ2n) is 4.36. The van der Waals surface area contributed by atoms with Gasteiger partial charge in [0.2, 0.25) is 0 Å². The van der Waals surface area contributed by atoms with Crippen molar-refractivity contribution >= 4 is 17.2 Å². The highest BCUT2D eigenvalue weighted by Gasteiger charge is 2.07. The Morgan fingerprint density at radius 1 is 1.52 bits per heavy atom. The summed E-state index contributed by atoms with van der Waals surface area (Å²) in [5.74, 6) is -0.181. The molecule has 1 heterocycles. The van der Waals surface area contributed by atoms with Crippen molar-refractivity contribution in [1.82, 2.24) is 10.3 Å². The molecule has 0 aliphatic rings. The van der Waals surface area contributed by atoms with Crippen LogP contribution < -0.4 is 5.32 Å². The van der Waals surface area contributed by atoms with Crippen molar-refractivity contribution < 1.29 is 9.53 Å². The highest BCUT2D eigenvalue weighted by molar-refractivity contribution is 7.09. The first-order valence-electron chi connectivity index (χ1n) is 6.43. The largest absolute Gasteiger partial charge is 0.378 e. The normalized spacial score (nSPS) is 10.1. The third-order valence-corrected chi connectivity index (χ3v) is 3.66. The van der Waals surface area contributed by atoms with Gasteiger partial charge in [-0.2, -0.15) is 5.26 Å². The molecule has 0 aliphatic heterocycles. The number of nitriles is 1. The highest BCUT2D eigenvalue weighted by Crippen LogP contribution is 2.11. The molecule has 6 heteroatoms. The molecule has 2 aromatic rings. The number of methoxy groups -OCH3 is 1. The van der Waals surface area contributed by atoms with E-state index in [9.17, 15) is 4.79 Å². The number of hydrogen-bond donors (Lipinski definition) is 1. The molecular weight excluding hydrogens is 286 g/mol. The summed E-state index contributed by atoms with van der Waals surface area (Å²) in [5.41, 5.74) is 1.91. The average molecular weight is 301 g/mol. The summed E-state index contributed by atoms with van der Waals surface area (Å²) >= 11 is 1.55. The van der Waals surface area contributed by atoms with E-state index in [1.54, 1.807) is 42.7 Å². The van der Waals surface area contributed by atoms with Gasteiger partial charge in [-0.15, -0.1) is 11.3 Å². The summed E-state index contributed by atoms with van der Waals surface area (Å²) < 4.78 is 5.02. The van der Waals surface area contributed by atoms with Gasteiger partial charge < -0.3 is 10.1 Å². The van der Waals surface area contributed by atoms with E-state index in [1.807, 2.05) is 11.4 Å². The first-order chi connectivity index (χ1) is 10.2. The van der Waals surface area contributed by atoms with Gasteiger partial charge in [0.25, 0.3) is 5.91 Å². The second-order valence-corrected chi connectivity index (χ2v) is 5.31. The molecule has 0 unspecified atom stereocenters. The van der Waals surface area contributed by atoms with E-state index >= 15 is 0 Å². The summed E-state index contributed by atoms with van der Waals surface area (Å²) in [6, 6.07) is 8.66. The van der Waals surface area contributed by atoms with Gasteiger partial charge in [0.1, 0.15) is 5.01 Å². The average Bonchev–Trinajstić information content (AvgIpc) is 2.95. The Labute approximate surface area is 127 Å². The number of carbonyl (C=O) groups is 1. The van der Waals surface area contributed by atoms with Crippen molar-refractivity contribution in [3.8, 4) is 6.07 Å². The molecule has 21 heavy (non-hydrogen) atoms. The Balaban J connectivity index is 1.84. The Morgan fingerprint density at radius 2 is 2.38 bits per heavy atom. The Morgan fingerprint density at radius 3 is 3.14 bits per heavy atom. The third kappa shape index (κ3) is 4.38. The molecule has 5 nitrogen and oxygen atoms in total. The van der Waals surface area contributed by atoms with Gasteiger partial charge in [0.15, 0.2) is 0 Å². The number of carbonyl (C=O) groups excluding carboxylic acids is 1. The number of amides is 1. The lowest BCUT2D eigenvalue weighted by atomic mass is 10.1.